The maximum absolute atomic E-state index is 12.8. The summed E-state index contributed by atoms with van der Waals surface area (Å²) in [5, 5.41) is 0.671. The van der Waals surface area contributed by atoms with Gasteiger partial charge in [-0.15, -0.1) is 0 Å². The number of rotatable bonds is 3. The van der Waals surface area contributed by atoms with E-state index in [-0.39, 0.29) is 10.5 Å². The molecule has 0 aromatic heterocycles. The predicted molar refractivity (Wildman–Crippen MR) is 74.1 cm³/mol. The summed E-state index contributed by atoms with van der Waals surface area (Å²) in [6.45, 7) is 0. The fourth-order valence-corrected chi connectivity index (χ4v) is 2.76. The zero-order chi connectivity index (χ0) is 16.4. The zero-order valence-electron chi connectivity index (χ0n) is 11.0. The van der Waals surface area contributed by atoms with Crippen molar-refractivity contribution in [2.24, 2.45) is 0 Å². The molecule has 2 aromatic rings. The molecular formula is C15H10F4O2S. The lowest BCUT2D eigenvalue weighted by molar-refractivity contribution is -0.137. The molecule has 116 valence electrons. The molecule has 0 N–H and O–H groups in total. The number of halogens is 4. The average Bonchev–Trinajstić information content (AvgIpc) is 2.45. The molecule has 0 aliphatic heterocycles. The lowest BCUT2D eigenvalue weighted by atomic mass is 10.1. The Morgan fingerprint density at radius 3 is 2.09 bits per heavy atom. The Labute approximate surface area is 124 Å². The fourth-order valence-electron chi connectivity index (χ4n) is 1.77. The molecule has 2 aromatic carbocycles. The van der Waals surface area contributed by atoms with E-state index >= 15 is 0 Å². The SMILES string of the molecule is O=S(=O)(/C=C/c1ccccc1C(F)(F)F)c1ccc(F)cc1. The van der Waals surface area contributed by atoms with Crippen LogP contribution < -0.4 is 0 Å². The summed E-state index contributed by atoms with van der Waals surface area (Å²) in [6.07, 6.45) is -3.71. The lowest BCUT2D eigenvalue weighted by Gasteiger charge is -2.09. The van der Waals surface area contributed by atoms with E-state index in [9.17, 15) is 26.0 Å². The summed E-state index contributed by atoms with van der Waals surface area (Å²) in [5.74, 6) is -0.606. The molecule has 0 heterocycles. The Morgan fingerprint density at radius 2 is 1.50 bits per heavy atom. The zero-order valence-corrected chi connectivity index (χ0v) is 11.8. The van der Waals surface area contributed by atoms with Crippen molar-refractivity contribution in [3.8, 4) is 0 Å². The van der Waals surface area contributed by atoms with Crippen LogP contribution in [0.3, 0.4) is 0 Å². The fraction of sp³-hybridized carbons (Fsp3) is 0.0667. The molecule has 0 amide bonds. The molecule has 0 aliphatic carbocycles. The van der Waals surface area contributed by atoms with Gasteiger partial charge in [0.15, 0.2) is 9.84 Å². The van der Waals surface area contributed by atoms with E-state index in [2.05, 4.69) is 0 Å². The molecule has 2 nitrogen and oxygen atoms in total. The van der Waals surface area contributed by atoms with E-state index in [0.717, 1.165) is 36.4 Å². The second-order valence-electron chi connectivity index (χ2n) is 4.39. The van der Waals surface area contributed by atoms with Crippen molar-refractivity contribution in [1.82, 2.24) is 0 Å². The highest BCUT2D eigenvalue weighted by Gasteiger charge is 2.32. The minimum Gasteiger partial charge on any atom is -0.219 e. The van der Waals surface area contributed by atoms with E-state index < -0.39 is 27.4 Å². The molecule has 2 rings (SSSR count). The molecule has 0 fully saturated rings. The van der Waals surface area contributed by atoms with Crippen LogP contribution in [0.1, 0.15) is 11.1 Å². The maximum atomic E-state index is 12.8. The Morgan fingerprint density at radius 1 is 0.909 bits per heavy atom. The third-order valence-electron chi connectivity index (χ3n) is 2.84. The smallest absolute Gasteiger partial charge is 0.219 e. The van der Waals surface area contributed by atoms with Gasteiger partial charge in [-0.3, -0.25) is 0 Å². The van der Waals surface area contributed by atoms with Gasteiger partial charge in [-0.2, -0.15) is 13.2 Å². The van der Waals surface area contributed by atoms with Gasteiger partial charge >= 0.3 is 6.18 Å². The number of hydrogen-bond donors (Lipinski definition) is 0. The van der Waals surface area contributed by atoms with Crippen molar-refractivity contribution >= 4 is 15.9 Å². The Kier molecular flexibility index (Phi) is 4.37. The Hall–Kier alpha value is -2.15. The van der Waals surface area contributed by atoms with Crippen molar-refractivity contribution in [3.63, 3.8) is 0 Å². The van der Waals surface area contributed by atoms with Gasteiger partial charge in [0.1, 0.15) is 5.82 Å². The predicted octanol–water partition coefficient (Wildman–Crippen LogP) is 4.29. The summed E-state index contributed by atoms with van der Waals surface area (Å²) >= 11 is 0. The van der Waals surface area contributed by atoms with E-state index in [1.165, 1.54) is 18.2 Å². The first-order chi connectivity index (χ1) is 10.2. The third-order valence-corrected chi connectivity index (χ3v) is 4.26. The minimum atomic E-state index is -4.58. The highest BCUT2D eigenvalue weighted by molar-refractivity contribution is 7.94. The van der Waals surface area contributed by atoms with Crippen LogP contribution in [0.15, 0.2) is 58.8 Å². The molecule has 0 saturated heterocycles. The van der Waals surface area contributed by atoms with Crippen LogP contribution in [-0.2, 0) is 16.0 Å². The molecule has 0 spiro atoms. The molecule has 0 unspecified atom stereocenters. The van der Waals surface area contributed by atoms with Crippen molar-refractivity contribution in [3.05, 3.63) is 70.9 Å². The monoisotopic (exact) mass is 330 g/mol. The van der Waals surface area contributed by atoms with E-state index in [1.54, 1.807) is 0 Å². The number of alkyl halides is 3. The van der Waals surface area contributed by atoms with E-state index in [4.69, 9.17) is 0 Å². The van der Waals surface area contributed by atoms with Crippen molar-refractivity contribution in [2.45, 2.75) is 11.1 Å². The van der Waals surface area contributed by atoms with Crippen molar-refractivity contribution in [1.29, 1.82) is 0 Å². The van der Waals surface area contributed by atoms with Crippen LogP contribution in [0, 0.1) is 5.82 Å². The molecular weight excluding hydrogens is 320 g/mol. The third kappa shape index (κ3) is 3.73. The minimum absolute atomic E-state index is 0.199. The Bertz CT molecular complexity index is 791. The van der Waals surface area contributed by atoms with Crippen LogP contribution in [0.25, 0.3) is 6.08 Å². The standard InChI is InChI=1S/C15H10F4O2S/c16-12-5-7-13(8-6-12)22(20,21)10-9-11-3-1-2-4-14(11)15(17,18)19/h1-10H/b10-9+. The average molecular weight is 330 g/mol. The van der Waals surface area contributed by atoms with Crippen LogP contribution >= 0.6 is 0 Å². The van der Waals surface area contributed by atoms with Gasteiger partial charge in [0.2, 0.25) is 0 Å². The van der Waals surface area contributed by atoms with Crippen LogP contribution in [0.5, 0.6) is 0 Å². The maximum Gasteiger partial charge on any atom is 0.416 e. The summed E-state index contributed by atoms with van der Waals surface area (Å²) in [6, 6.07) is 8.64. The first-order valence-corrected chi connectivity index (χ1v) is 7.60. The molecule has 0 aliphatic rings. The summed E-state index contributed by atoms with van der Waals surface area (Å²) in [7, 11) is -3.95. The Balaban J connectivity index is 2.38. The first kappa shape index (κ1) is 16.2. The number of sulfone groups is 1. The van der Waals surface area contributed by atoms with Gasteiger partial charge in [-0.05, 0) is 42.0 Å². The van der Waals surface area contributed by atoms with Gasteiger partial charge in [0.05, 0.1) is 10.5 Å². The van der Waals surface area contributed by atoms with Crippen molar-refractivity contribution < 1.29 is 26.0 Å². The molecule has 0 saturated carbocycles. The molecule has 22 heavy (non-hydrogen) atoms. The van der Waals surface area contributed by atoms with E-state index in [0.29, 0.717) is 5.41 Å². The summed E-state index contributed by atoms with van der Waals surface area (Å²) < 4.78 is 75.2. The number of benzene rings is 2. The quantitative estimate of drug-likeness (QED) is 0.621. The van der Waals surface area contributed by atoms with Crippen molar-refractivity contribution in [2.75, 3.05) is 0 Å². The summed E-state index contributed by atoms with van der Waals surface area (Å²) in [5.41, 5.74) is -1.19. The first-order valence-electron chi connectivity index (χ1n) is 6.05. The van der Waals surface area contributed by atoms with Gasteiger partial charge in [-0.25, -0.2) is 12.8 Å². The van der Waals surface area contributed by atoms with Crippen LogP contribution in [-0.4, -0.2) is 8.42 Å². The second kappa shape index (κ2) is 5.92. The highest BCUT2D eigenvalue weighted by Crippen LogP contribution is 2.32. The van der Waals surface area contributed by atoms with Gasteiger partial charge in [-0.1, -0.05) is 18.2 Å². The van der Waals surface area contributed by atoms with Crippen LogP contribution in [0.2, 0.25) is 0 Å². The van der Waals surface area contributed by atoms with Gasteiger partial charge < -0.3 is 0 Å². The molecule has 0 bridgehead atoms. The molecule has 7 heteroatoms. The molecule has 0 radical (unpaired) electrons. The second-order valence-corrected chi connectivity index (χ2v) is 6.22. The lowest BCUT2D eigenvalue weighted by Crippen LogP contribution is -2.07. The largest absolute Gasteiger partial charge is 0.416 e. The number of hydrogen-bond acceptors (Lipinski definition) is 2. The molecule has 0 atom stereocenters. The topological polar surface area (TPSA) is 34.1 Å². The van der Waals surface area contributed by atoms with Gasteiger partial charge in [0, 0.05) is 5.41 Å². The van der Waals surface area contributed by atoms with E-state index in [1.807, 2.05) is 0 Å². The highest BCUT2D eigenvalue weighted by atomic mass is 32.2. The van der Waals surface area contributed by atoms with Crippen LogP contribution in [0.4, 0.5) is 17.6 Å². The summed E-state index contributed by atoms with van der Waals surface area (Å²) in [4.78, 5) is -0.199. The van der Waals surface area contributed by atoms with Gasteiger partial charge in [0.25, 0.3) is 0 Å². The normalized spacial score (nSPS) is 12.7.